The highest BCUT2D eigenvalue weighted by atomic mass is 16.2. The maximum Gasteiger partial charge on any atom is 0.239 e. The molecule has 0 aromatic rings. The molecule has 1 aliphatic rings. The van der Waals surface area contributed by atoms with Crippen molar-refractivity contribution in [3.63, 3.8) is 0 Å². The number of carbonyl (C=O) groups is 2. The molecule has 0 atom stereocenters. The fourth-order valence-corrected chi connectivity index (χ4v) is 2.41. The second-order valence-corrected chi connectivity index (χ2v) is 5.16. The summed E-state index contributed by atoms with van der Waals surface area (Å²) in [5.74, 6) is -0.0448. The van der Waals surface area contributed by atoms with Crippen LogP contribution < -0.4 is 5.32 Å². The second-order valence-electron chi connectivity index (χ2n) is 5.16. The van der Waals surface area contributed by atoms with Gasteiger partial charge in [0.25, 0.3) is 0 Å². The van der Waals surface area contributed by atoms with Crippen molar-refractivity contribution in [1.82, 2.24) is 10.2 Å². The Morgan fingerprint density at radius 3 is 2.29 bits per heavy atom. The number of hydrogen-bond acceptors (Lipinski definition) is 2. The third kappa shape index (κ3) is 4.75. The van der Waals surface area contributed by atoms with Gasteiger partial charge in [-0.2, -0.15) is 0 Å². The zero-order valence-electron chi connectivity index (χ0n) is 11.2. The maximum atomic E-state index is 11.7. The first kappa shape index (κ1) is 14.0. The van der Waals surface area contributed by atoms with Crippen LogP contribution in [0.25, 0.3) is 0 Å². The van der Waals surface area contributed by atoms with Crippen LogP contribution in [-0.2, 0) is 9.59 Å². The Morgan fingerprint density at radius 1 is 1.24 bits per heavy atom. The van der Waals surface area contributed by atoms with Gasteiger partial charge in [0, 0.05) is 19.0 Å². The normalized spacial score (nSPS) is 16.9. The average molecular weight is 240 g/mol. The van der Waals surface area contributed by atoms with Crippen LogP contribution in [0.3, 0.4) is 0 Å². The predicted molar refractivity (Wildman–Crippen MR) is 67.5 cm³/mol. The molecule has 0 radical (unpaired) electrons. The van der Waals surface area contributed by atoms with E-state index in [-0.39, 0.29) is 30.4 Å². The summed E-state index contributed by atoms with van der Waals surface area (Å²) in [7, 11) is 0. The van der Waals surface area contributed by atoms with Gasteiger partial charge in [-0.15, -0.1) is 0 Å². The number of rotatable bonds is 4. The van der Waals surface area contributed by atoms with E-state index in [4.69, 9.17) is 0 Å². The van der Waals surface area contributed by atoms with E-state index in [1.807, 2.05) is 13.8 Å². The van der Waals surface area contributed by atoms with E-state index in [1.54, 1.807) is 11.8 Å². The van der Waals surface area contributed by atoms with Crippen LogP contribution in [0.5, 0.6) is 0 Å². The number of carbonyl (C=O) groups excluding carboxylic acids is 2. The van der Waals surface area contributed by atoms with Gasteiger partial charge in [-0.25, -0.2) is 0 Å². The summed E-state index contributed by atoms with van der Waals surface area (Å²) in [5.41, 5.74) is 0. The van der Waals surface area contributed by atoms with Gasteiger partial charge >= 0.3 is 0 Å². The summed E-state index contributed by atoms with van der Waals surface area (Å²) in [4.78, 5) is 25.0. The van der Waals surface area contributed by atoms with Gasteiger partial charge in [0.15, 0.2) is 0 Å². The monoisotopic (exact) mass is 240 g/mol. The molecule has 0 aromatic heterocycles. The Kier molecular flexibility index (Phi) is 5.45. The third-order valence-electron chi connectivity index (χ3n) is 3.18. The molecule has 1 aliphatic carbocycles. The van der Waals surface area contributed by atoms with Crippen molar-refractivity contribution >= 4 is 11.8 Å². The van der Waals surface area contributed by atoms with Crippen LogP contribution in [0.4, 0.5) is 0 Å². The minimum Gasteiger partial charge on any atom is -0.352 e. The first-order valence-corrected chi connectivity index (χ1v) is 6.57. The Hall–Kier alpha value is -1.06. The van der Waals surface area contributed by atoms with E-state index in [2.05, 4.69) is 5.32 Å². The molecule has 1 saturated carbocycles. The molecular weight excluding hydrogens is 216 g/mol. The number of nitrogens with zero attached hydrogens (tertiary/aromatic N) is 1. The lowest BCUT2D eigenvalue weighted by Gasteiger charge is -2.33. The van der Waals surface area contributed by atoms with E-state index in [9.17, 15) is 9.59 Å². The average Bonchev–Trinajstić information content (AvgIpc) is 2.25. The maximum absolute atomic E-state index is 11.7. The fourth-order valence-electron chi connectivity index (χ4n) is 2.41. The van der Waals surface area contributed by atoms with E-state index in [0.29, 0.717) is 0 Å². The summed E-state index contributed by atoms with van der Waals surface area (Å²) >= 11 is 0. The molecule has 4 heteroatoms. The van der Waals surface area contributed by atoms with E-state index in [0.717, 1.165) is 12.8 Å². The molecule has 2 amide bonds. The molecule has 1 fully saturated rings. The zero-order chi connectivity index (χ0) is 12.8. The van der Waals surface area contributed by atoms with Crippen LogP contribution in [0.1, 0.15) is 52.9 Å². The smallest absolute Gasteiger partial charge is 0.239 e. The molecule has 4 nitrogen and oxygen atoms in total. The Morgan fingerprint density at radius 2 is 1.82 bits per heavy atom. The molecular formula is C13H24N2O2. The lowest BCUT2D eigenvalue weighted by molar-refractivity contribution is -0.137. The summed E-state index contributed by atoms with van der Waals surface area (Å²) in [5, 5.41) is 2.83. The zero-order valence-corrected chi connectivity index (χ0v) is 11.2. The largest absolute Gasteiger partial charge is 0.352 e. The molecule has 0 bridgehead atoms. The van der Waals surface area contributed by atoms with E-state index < -0.39 is 0 Å². The SMILES string of the molecule is CC(=O)N(CC(=O)NC(C)C)C1CCCCC1. The first-order chi connectivity index (χ1) is 8.00. The highest BCUT2D eigenvalue weighted by Crippen LogP contribution is 2.22. The predicted octanol–water partition coefficient (Wildman–Crippen LogP) is 1.69. The molecule has 0 aliphatic heterocycles. The quantitative estimate of drug-likeness (QED) is 0.813. The number of nitrogens with one attached hydrogen (secondary N) is 1. The molecule has 1 N–H and O–H groups in total. The van der Waals surface area contributed by atoms with Crippen molar-refractivity contribution in [2.45, 2.75) is 65.0 Å². The molecule has 98 valence electrons. The van der Waals surface area contributed by atoms with Crippen LogP contribution >= 0.6 is 0 Å². The van der Waals surface area contributed by atoms with E-state index in [1.165, 1.54) is 19.3 Å². The van der Waals surface area contributed by atoms with Crippen LogP contribution in [0.2, 0.25) is 0 Å². The minimum absolute atomic E-state index is 0.0100. The standard InChI is InChI=1S/C13H24N2O2/c1-10(2)14-13(17)9-15(11(3)16)12-7-5-4-6-8-12/h10,12H,4-9H2,1-3H3,(H,14,17). The molecule has 0 unspecified atom stereocenters. The topological polar surface area (TPSA) is 49.4 Å². The van der Waals surface area contributed by atoms with Crippen molar-refractivity contribution in [1.29, 1.82) is 0 Å². The molecule has 0 spiro atoms. The summed E-state index contributed by atoms with van der Waals surface area (Å²) in [6.07, 6.45) is 5.66. The van der Waals surface area contributed by atoms with Crippen LogP contribution in [0.15, 0.2) is 0 Å². The van der Waals surface area contributed by atoms with Crippen LogP contribution in [0, 0.1) is 0 Å². The molecule has 1 rings (SSSR count). The number of hydrogen-bond donors (Lipinski definition) is 1. The molecule has 17 heavy (non-hydrogen) atoms. The van der Waals surface area contributed by atoms with Gasteiger partial charge < -0.3 is 10.2 Å². The van der Waals surface area contributed by atoms with Crippen molar-refractivity contribution in [2.24, 2.45) is 0 Å². The van der Waals surface area contributed by atoms with Crippen molar-refractivity contribution in [3.8, 4) is 0 Å². The minimum atomic E-state index is -0.0548. The molecule has 0 heterocycles. The van der Waals surface area contributed by atoms with E-state index >= 15 is 0 Å². The Balaban J connectivity index is 2.53. The summed E-state index contributed by atoms with van der Waals surface area (Å²) < 4.78 is 0. The van der Waals surface area contributed by atoms with Gasteiger partial charge in [0.2, 0.25) is 11.8 Å². The lowest BCUT2D eigenvalue weighted by atomic mass is 9.94. The first-order valence-electron chi connectivity index (χ1n) is 6.57. The number of amides is 2. The van der Waals surface area contributed by atoms with Gasteiger partial charge in [0.05, 0.1) is 6.54 Å². The lowest BCUT2D eigenvalue weighted by Crippen LogP contribution is -2.47. The summed E-state index contributed by atoms with van der Waals surface area (Å²) in [6, 6.07) is 0.391. The highest BCUT2D eigenvalue weighted by molar-refractivity contribution is 5.84. The van der Waals surface area contributed by atoms with Gasteiger partial charge in [0.1, 0.15) is 0 Å². The fraction of sp³-hybridized carbons (Fsp3) is 0.846. The second kappa shape index (κ2) is 6.62. The van der Waals surface area contributed by atoms with Gasteiger partial charge in [-0.3, -0.25) is 9.59 Å². The Bertz CT molecular complexity index is 271. The van der Waals surface area contributed by atoms with Gasteiger partial charge in [-0.1, -0.05) is 19.3 Å². The van der Waals surface area contributed by atoms with Crippen molar-refractivity contribution in [2.75, 3.05) is 6.54 Å². The molecule has 0 saturated heterocycles. The molecule has 0 aromatic carbocycles. The third-order valence-corrected chi connectivity index (χ3v) is 3.18. The van der Waals surface area contributed by atoms with Crippen LogP contribution in [-0.4, -0.2) is 35.3 Å². The van der Waals surface area contributed by atoms with Crippen molar-refractivity contribution < 1.29 is 9.59 Å². The summed E-state index contributed by atoms with van der Waals surface area (Å²) in [6.45, 7) is 5.61. The van der Waals surface area contributed by atoms with Gasteiger partial charge in [-0.05, 0) is 26.7 Å². The van der Waals surface area contributed by atoms with Crippen molar-refractivity contribution in [3.05, 3.63) is 0 Å². The Labute approximate surface area is 104 Å². The highest BCUT2D eigenvalue weighted by Gasteiger charge is 2.24.